The van der Waals surface area contributed by atoms with Crippen LogP contribution in [-0.2, 0) is 14.6 Å². The molecule has 1 N–H and O–H groups in total. The van der Waals surface area contributed by atoms with Crippen molar-refractivity contribution in [1.82, 2.24) is 0 Å². The third kappa shape index (κ3) is 5.00. The van der Waals surface area contributed by atoms with Crippen molar-refractivity contribution in [1.29, 1.82) is 0 Å². The van der Waals surface area contributed by atoms with Gasteiger partial charge in [-0.05, 0) is 37.8 Å². The minimum Gasteiger partial charge on any atom is -0.370 e. The van der Waals surface area contributed by atoms with Crippen LogP contribution in [0.4, 0.5) is 11.4 Å². The third-order valence-electron chi connectivity index (χ3n) is 5.55. The topological polar surface area (TPSA) is 66.5 Å². The van der Waals surface area contributed by atoms with Crippen molar-refractivity contribution in [3.8, 4) is 0 Å². The van der Waals surface area contributed by atoms with Gasteiger partial charge < -0.3 is 10.2 Å². The molecule has 0 aromatic heterocycles. The summed E-state index contributed by atoms with van der Waals surface area (Å²) in [6.07, 6.45) is 8.35. The highest BCUT2D eigenvalue weighted by molar-refractivity contribution is 7.92. The van der Waals surface area contributed by atoms with Crippen molar-refractivity contribution in [3.63, 3.8) is 0 Å². The SMILES string of the molecule is O=C(CCS(=O)(=O)C1CCCC1)Nc1ccccc1N1CCCCCC1. The minimum absolute atomic E-state index is 0.0349. The van der Waals surface area contributed by atoms with E-state index in [1.165, 1.54) is 25.7 Å². The monoisotopic (exact) mass is 378 g/mol. The molecular formula is C20H30N2O3S. The number of nitrogens with zero attached hydrogens (tertiary/aromatic N) is 1. The number of nitrogens with one attached hydrogen (secondary N) is 1. The lowest BCUT2D eigenvalue weighted by atomic mass is 10.2. The number of amides is 1. The van der Waals surface area contributed by atoms with Crippen molar-refractivity contribution < 1.29 is 13.2 Å². The fourth-order valence-corrected chi connectivity index (χ4v) is 5.88. The average Bonchev–Trinajstić information content (AvgIpc) is 3.05. The van der Waals surface area contributed by atoms with Crippen molar-refractivity contribution in [2.24, 2.45) is 0 Å². The van der Waals surface area contributed by atoms with Crippen LogP contribution in [0, 0.1) is 0 Å². The van der Waals surface area contributed by atoms with Crippen LogP contribution in [-0.4, -0.2) is 38.4 Å². The summed E-state index contributed by atoms with van der Waals surface area (Å²) in [7, 11) is -3.15. The number of carbonyl (C=O) groups excluding carboxylic acids is 1. The van der Waals surface area contributed by atoms with Crippen LogP contribution < -0.4 is 10.2 Å². The first-order chi connectivity index (χ1) is 12.6. The standard InChI is InChI=1S/C20H30N2O3S/c23-20(13-16-26(24,25)17-9-3-4-10-17)21-18-11-5-6-12-19(18)22-14-7-1-2-8-15-22/h5-6,11-12,17H,1-4,7-10,13-16H2,(H,21,23). The van der Waals surface area contributed by atoms with E-state index in [4.69, 9.17) is 0 Å². The second-order valence-electron chi connectivity index (χ2n) is 7.49. The Kier molecular flexibility index (Phi) is 6.57. The fourth-order valence-electron chi connectivity index (χ4n) is 4.03. The molecule has 2 fully saturated rings. The molecule has 1 heterocycles. The number of anilines is 2. The molecule has 1 amide bonds. The number of rotatable bonds is 6. The zero-order chi connectivity index (χ0) is 18.4. The van der Waals surface area contributed by atoms with E-state index in [-0.39, 0.29) is 23.3 Å². The molecule has 6 heteroatoms. The fraction of sp³-hybridized carbons (Fsp3) is 0.650. The molecule has 5 nitrogen and oxygen atoms in total. The summed E-state index contributed by atoms with van der Waals surface area (Å²) in [5.41, 5.74) is 1.83. The van der Waals surface area contributed by atoms with Gasteiger partial charge in [0.2, 0.25) is 5.91 Å². The van der Waals surface area contributed by atoms with E-state index in [1.54, 1.807) is 0 Å². The van der Waals surface area contributed by atoms with Gasteiger partial charge in [-0.15, -0.1) is 0 Å². The molecule has 3 rings (SSSR count). The predicted octanol–water partition coefficient (Wildman–Crippen LogP) is 3.75. The van der Waals surface area contributed by atoms with E-state index in [0.717, 1.165) is 50.1 Å². The van der Waals surface area contributed by atoms with Gasteiger partial charge in [-0.2, -0.15) is 0 Å². The van der Waals surface area contributed by atoms with Crippen LogP contribution in [0.2, 0.25) is 0 Å². The summed E-state index contributed by atoms with van der Waals surface area (Å²) in [5.74, 6) is -0.260. The molecule has 144 valence electrons. The molecule has 1 aromatic carbocycles. The molecule has 2 aliphatic rings. The lowest BCUT2D eigenvalue weighted by molar-refractivity contribution is -0.115. The Morgan fingerprint density at radius 2 is 1.65 bits per heavy atom. The first-order valence-electron chi connectivity index (χ1n) is 9.92. The maximum Gasteiger partial charge on any atom is 0.225 e. The number of carbonyl (C=O) groups is 1. The van der Waals surface area contributed by atoms with Gasteiger partial charge in [0.1, 0.15) is 0 Å². The highest BCUT2D eigenvalue weighted by Crippen LogP contribution is 2.29. The van der Waals surface area contributed by atoms with Crippen LogP contribution in [0.1, 0.15) is 57.8 Å². The molecule has 0 spiro atoms. The van der Waals surface area contributed by atoms with Gasteiger partial charge >= 0.3 is 0 Å². The Hall–Kier alpha value is -1.56. The molecule has 0 bridgehead atoms. The van der Waals surface area contributed by atoms with E-state index >= 15 is 0 Å². The van der Waals surface area contributed by atoms with Gasteiger partial charge in [-0.1, -0.05) is 37.8 Å². The van der Waals surface area contributed by atoms with E-state index in [2.05, 4.69) is 10.2 Å². The Morgan fingerprint density at radius 3 is 2.35 bits per heavy atom. The Morgan fingerprint density at radius 1 is 1.00 bits per heavy atom. The molecule has 1 saturated carbocycles. The normalized spacial score (nSPS) is 19.3. The summed E-state index contributed by atoms with van der Waals surface area (Å²) >= 11 is 0. The number of hydrogen-bond acceptors (Lipinski definition) is 4. The van der Waals surface area contributed by atoms with Crippen LogP contribution in [0.5, 0.6) is 0 Å². The summed E-state index contributed by atoms with van der Waals surface area (Å²) < 4.78 is 24.7. The first kappa shape index (κ1) is 19.2. The second-order valence-corrected chi connectivity index (χ2v) is 9.89. The third-order valence-corrected chi connectivity index (χ3v) is 7.81. The van der Waals surface area contributed by atoms with Crippen molar-refractivity contribution in [2.75, 3.05) is 29.1 Å². The summed E-state index contributed by atoms with van der Waals surface area (Å²) in [4.78, 5) is 14.7. The van der Waals surface area contributed by atoms with E-state index in [1.807, 2.05) is 24.3 Å². The lowest BCUT2D eigenvalue weighted by Crippen LogP contribution is -2.27. The van der Waals surface area contributed by atoms with Crippen LogP contribution in [0.25, 0.3) is 0 Å². The van der Waals surface area contributed by atoms with Crippen LogP contribution in [0.15, 0.2) is 24.3 Å². The molecule has 0 radical (unpaired) electrons. The summed E-state index contributed by atoms with van der Waals surface area (Å²) in [5, 5.41) is 2.71. The predicted molar refractivity (Wildman–Crippen MR) is 106 cm³/mol. The van der Waals surface area contributed by atoms with Crippen LogP contribution in [0.3, 0.4) is 0 Å². The molecule has 1 aromatic rings. The Balaban J connectivity index is 1.60. The Bertz CT molecular complexity index is 704. The summed E-state index contributed by atoms with van der Waals surface area (Å²) in [6.45, 7) is 2.01. The lowest BCUT2D eigenvalue weighted by Gasteiger charge is -2.25. The number of hydrogen-bond donors (Lipinski definition) is 1. The van der Waals surface area contributed by atoms with Gasteiger partial charge in [-0.25, -0.2) is 8.42 Å². The largest absolute Gasteiger partial charge is 0.370 e. The highest BCUT2D eigenvalue weighted by atomic mass is 32.2. The average molecular weight is 379 g/mol. The van der Waals surface area contributed by atoms with E-state index in [9.17, 15) is 13.2 Å². The minimum atomic E-state index is -3.15. The maximum atomic E-state index is 12.4. The first-order valence-corrected chi connectivity index (χ1v) is 11.6. The van der Waals surface area contributed by atoms with Gasteiger partial charge in [0.25, 0.3) is 0 Å². The smallest absolute Gasteiger partial charge is 0.225 e. The number of benzene rings is 1. The quantitative estimate of drug-likeness (QED) is 0.819. The molecule has 1 aliphatic carbocycles. The second kappa shape index (κ2) is 8.89. The van der Waals surface area contributed by atoms with Gasteiger partial charge in [0.05, 0.1) is 22.4 Å². The van der Waals surface area contributed by atoms with Gasteiger partial charge in [0.15, 0.2) is 9.84 Å². The zero-order valence-electron chi connectivity index (χ0n) is 15.5. The van der Waals surface area contributed by atoms with Gasteiger partial charge in [-0.3, -0.25) is 4.79 Å². The van der Waals surface area contributed by atoms with Crippen LogP contribution >= 0.6 is 0 Å². The molecule has 26 heavy (non-hydrogen) atoms. The molecule has 1 aliphatic heterocycles. The van der Waals surface area contributed by atoms with E-state index < -0.39 is 9.84 Å². The molecule has 0 atom stereocenters. The molecule has 1 saturated heterocycles. The molecule has 0 unspecified atom stereocenters. The van der Waals surface area contributed by atoms with Crippen molar-refractivity contribution >= 4 is 27.1 Å². The van der Waals surface area contributed by atoms with Gasteiger partial charge in [0, 0.05) is 19.5 Å². The van der Waals surface area contributed by atoms with Crippen molar-refractivity contribution in [2.45, 2.75) is 63.0 Å². The Labute approximate surface area is 157 Å². The maximum absolute atomic E-state index is 12.4. The van der Waals surface area contributed by atoms with E-state index in [0.29, 0.717) is 0 Å². The molecular weight excluding hydrogens is 348 g/mol. The van der Waals surface area contributed by atoms with Crippen molar-refractivity contribution in [3.05, 3.63) is 24.3 Å². The number of sulfone groups is 1. The highest BCUT2D eigenvalue weighted by Gasteiger charge is 2.29. The zero-order valence-corrected chi connectivity index (χ0v) is 16.3. The summed E-state index contributed by atoms with van der Waals surface area (Å²) in [6, 6.07) is 7.84. The number of para-hydroxylation sites is 2.